The van der Waals surface area contributed by atoms with Gasteiger partial charge < -0.3 is 19.5 Å². The van der Waals surface area contributed by atoms with E-state index in [2.05, 4.69) is 15.3 Å². The van der Waals surface area contributed by atoms with Gasteiger partial charge in [0.15, 0.2) is 0 Å². The predicted octanol–water partition coefficient (Wildman–Crippen LogP) is 3.98. The Labute approximate surface area is 209 Å². The third-order valence-electron chi connectivity index (χ3n) is 6.40. The van der Waals surface area contributed by atoms with Gasteiger partial charge >= 0.3 is 12.1 Å². The van der Waals surface area contributed by atoms with E-state index in [1.54, 1.807) is 24.8 Å². The van der Waals surface area contributed by atoms with Crippen LogP contribution in [0.15, 0.2) is 42.5 Å². The number of benzene rings is 1. The number of hydrogen-bond donors (Lipinski definition) is 1. The summed E-state index contributed by atoms with van der Waals surface area (Å²) in [5.74, 6) is -0.505. The van der Waals surface area contributed by atoms with Crippen molar-refractivity contribution in [3.05, 3.63) is 59.4 Å². The summed E-state index contributed by atoms with van der Waals surface area (Å²) in [6, 6.07) is 13.1. The van der Waals surface area contributed by atoms with Gasteiger partial charge in [-0.05, 0) is 50.3 Å². The van der Waals surface area contributed by atoms with E-state index in [1.165, 1.54) is 4.90 Å². The molecule has 0 aliphatic heterocycles. The average molecular weight is 494 g/mol. The molecule has 1 amide bonds. The van der Waals surface area contributed by atoms with Gasteiger partial charge in [-0.2, -0.15) is 0 Å². The summed E-state index contributed by atoms with van der Waals surface area (Å²) in [5.41, 5.74) is 3.49. The summed E-state index contributed by atoms with van der Waals surface area (Å²) in [5, 5.41) is 17.7. The highest BCUT2D eigenvalue weighted by Gasteiger charge is 2.28. The van der Waals surface area contributed by atoms with Gasteiger partial charge in [0.25, 0.3) is 0 Å². The minimum absolute atomic E-state index is 0.145. The molecule has 1 unspecified atom stereocenters. The zero-order chi connectivity index (χ0) is 25.7. The Balaban J connectivity index is 1.43. The smallest absolute Gasteiger partial charge is 0.410 e. The van der Waals surface area contributed by atoms with E-state index in [1.807, 2.05) is 43.3 Å². The van der Waals surface area contributed by atoms with E-state index in [0.29, 0.717) is 41.4 Å². The van der Waals surface area contributed by atoms with Crippen molar-refractivity contribution in [3.8, 4) is 17.1 Å². The molecule has 2 aromatic heterocycles. The van der Waals surface area contributed by atoms with E-state index < -0.39 is 12.1 Å². The first-order valence-electron chi connectivity index (χ1n) is 12.0. The van der Waals surface area contributed by atoms with Crippen molar-refractivity contribution in [2.24, 2.45) is 13.0 Å². The minimum Gasteiger partial charge on any atom is -0.489 e. The Morgan fingerprint density at radius 2 is 1.94 bits per heavy atom. The summed E-state index contributed by atoms with van der Waals surface area (Å²) in [6.07, 6.45) is 2.24. The molecule has 3 aromatic rings. The summed E-state index contributed by atoms with van der Waals surface area (Å²) in [4.78, 5) is 30.0. The van der Waals surface area contributed by atoms with E-state index in [-0.39, 0.29) is 25.2 Å². The van der Waals surface area contributed by atoms with Crippen LogP contribution in [0.5, 0.6) is 5.75 Å². The van der Waals surface area contributed by atoms with Crippen LogP contribution in [-0.2, 0) is 29.7 Å². The number of nitrogens with zero attached hydrogens (tertiary/aromatic N) is 5. The first-order valence-corrected chi connectivity index (χ1v) is 12.0. The second-order valence-electron chi connectivity index (χ2n) is 9.13. The van der Waals surface area contributed by atoms with Crippen LogP contribution >= 0.6 is 0 Å². The summed E-state index contributed by atoms with van der Waals surface area (Å²) in [6.45, 7) is 2.28. The fraction of sp³-hybridized carbons (Fsp3) is 0.423. The van der Waals surface area contributed by atoms with Crippen molar-refractivity contribution in [2.45, 2.75) is 51.9 Å². The Morgan fingerprint density at radius 3 is 2.67 bits per heavy atom. The van der Waals surface area contributed by atoms with Crippen molar-refractivity contribution in [3.63, 3.8) is 0 Å². The zero-order valence-corrected chi connectivity index (χ0v) is 20.8. The van der Waals surface area contributed by atoms with Crippen LogP contribution in [0.25, 0.3) is 11.4 Å². The van der Waals surface area contributed by atoms with Crippen LogP contribution in [0.2, 0.25) is 0 Å². The molecule has 1 saturated carbocycles. The highest BCUT2D eigenvalue weighted by molar-refractivity contribution is 5.70. The van der Waals surface area contributed by atoms with Gasteiger partial charge in [0.05, 0.1) is 35.6 Å². The van der Waals surface area contributed by atoms with E-state index in [0.717, 1.165) is 18.4 Å². The van der Waals surface area contributed by atoms with Crippen LogP contribution in [0.4, 0.5) is 4.79 Å². The maximum absolute atomic E-state index is 12.5. The van der Waals surface area contributed by atoms with Crippen molar-refractivity contribution in [1.82, 2.24) is 24.9 Å². The highest BCUT2D eigenvalue weighted by atomic mass is 16.6. The molecule has 4 rings (SSSR count). The molecule has 1 N–H and O–H groups in total. The second kappa shape index (κ2) is 11.2. The number of carboxylic acid groups (broad SMARTS) is 1. The molecule has 190 valence electrons. The van der Waals surface area contributed by atoms with E-state index in [4.69, 9.17) is 9.47 Å². The van der Waals surface area contributed by atoms with E-state index >= 15 is 0 Å². The van der Waals surface area contributed by atoms with Crippen molar-refractivity contribution in [1.29, 1.82) is 0 Å². The van der Waals surface area contributed by atoms with Crippen LogP contribution < -0.4 is 4.74 Å². The van der Waals surface area contributed by atoms with Gasteiger partial charge in [0.2, 0.25) is 0 Å². The summed E-state index contributed by atoms with van der Waals surface area (Å²) < 4.78 is 13.2. The second-order valence-corrected chi connectivity index (χ2v) is 9.13. The Morgan fingerprint density at radius 1 is 1.17 bits per heavy atom. The Bertz CT molecular complexity index is 1210. The molecule has 1 fully saturated rings. The number of carbonyl (C=O) groups is 2. The summed E-state index contributed by atoms with van der Waals surface area (Å²) >= 11 is 0. The molecule has 0 bridgehead atoms. The molecule has 2 heterocycles. The van der Waals surface area contributed by atoms with Crippen molar-refractivity contribution >= 4 is 12.1 Å². The Hall–Kier alpha value is -3.95. The molecule has 36 heavy (non-hydrogen) atoms. The fourth-order valence-electron chi connectivity index (χ4n) is 4.33. The lowest BCUT2D eigenvalue weighted by atomic mass is 9.87. The molecular weight excluding hydrogens is 462 g/mol. The van der Waals surface area contributed by atoms with E-state index in [9.17, 15) is 14.7 Å². The fourth-order valence-corrected chi connectivity index (χ4v) is 4.33. The molecule has 1 aromatic carbocycles. The van der Waals surface area contributed by atoms with Gasteiger partial charge in [-0.3, -0.25) is 4.79 Å². The quantitative estimate of drug-likeness (QED) is 0.500. The summed E-state index contributed by atoms with van der Waals surface area (Å²) in [7, 11) is 3.43. The molecular formula is C26H31N5O5. The van der Waals surface area contributed by atoms with Crippen LogP contribution in [-0.4, -0.2) is 55.2 Å². The number of carbonyl (C=O) groups excluding carboxylic acids is 1. The molecule has 0 spiro atoms. The standard InChI is InChI=1S/C26H31N5O5/c1-17-23(36-20-11-7-10-19(14-20)25(32)33)13-12-21(27-17)24-22(31(3)29-28-24)15-30(2)26(34)35-16-18-8-5-4-6-9-18/h4-6,8-9,12-13,19-20H,7,10-11,14-16H2,1-3H3,(H,32,33)/t19?,20-/m0/s1. The molecule has 10 heteroatoms. The number of rotatable bonds is 8. The monoisotopic (exact) mass is 493 g/mol. The molecule has 1 aliphatic rings. The minimum atomic E-state index is -0.766. The predicted molar refractivity (Wildman–Crippen MR) is 131 cm³/mol. The van der Waals surface area contributed by atoms with Gasteiger partial charge in [-0.25, -0.2) is 14.5 Å². The zero-order valence-electron chi connectivity index (χ0n) is 20.8. The topological polar surface area (TPSA) is 120 Å². The lowest BCUT2D eigenvalue weighted by Gasteiger charge is -2.27. The largest absolute Gasteiger partial charge is 0.489 e. The van der Waals surface area contributed by atoms with Crippen LogP contribution in [0, 0.1) is 12.8 Å². The maximum Gasteiger partial charge on any atom is 0.410 e. The van der Waals surface area contributed by atoms with Crippen molar-refractivity contribution < 1.29 is 24.2 Å². The average Bonchev–Trinajstić information content (AvgIpc) is 3.24. The molecule has 0 saturated heterocycles. The molecule has 2 atom stereocenters. The number of amides is 1. The van der Waals surface area contributed by atoms with Gasteiger partial charge in [0, 0.05) is 14.1 Å². The lowest BCUT2D eigenvalue weighted by molar-refractivity contribution is -0.143. The first-order chi connectivity index (χ1) is 17.3. The van der Waals surface area contributed by atoms with Gasteiger partial charge in [-0.15, -0.1) is 5.10 Å². The normalized spacial score (nSPS) is 17.4. The Kier molecular flexibility index (Phi) is 7.82. The maximum atomic E-state index is 12.5. The van der Waals surface area contributed by atoms with Crippen LogP contribution in [0.3, 0.4) is 0 Å². The number of hydrogen-bond acceptors (Lipinski definition) is 7. The number of pyridine rings is 1. The lowest BCUT2D eigenvalue weighted by Crippen LogP contribution is -2.29. The number of aryl methyl sites for hydroxylation is 2. The van der Waals surface area contributed by atoms with Gasteiger partial charge in [0.1, 0.15) is 18.1 Å². The number of aliphatic carboxylic acids is 1. The number of carboxylic acids is 1. The molecule has 1 aliphatic carbocycles. The van der Waals surface area contributed by atoms with Crippen molar-refractivity contribution in [2.75, 3.05) is 7.05 Å². The first kappa shape index (κ1) is 25.2. The third-order valence-corrected chi connectivity index (χ3v) is 6.40. The number of aromatic nitrogens is 4. The van der Waals surface area contributed by atoms with Crippen LogP contribution in [0.1, 0.15) is 42.6 Å². The SMILES string of the molecule is Cc1nc(-c2nnn(C)c2CN(C)C(=O)OCc2ccccc2)ccc1O[C@H]1CCCC(C(=O)O)C1. The third kappa shape index (κ3) is 5.99. The molecule has 10 nitrogen and oxygen atoms in total. The van der Waals surface area contributed by atoms with Gasteiger partial charge in [-0.1, -0.05) is 35.5 Å². The molecule has 0 radical (unpaired) electrons. The number of ether oxygens (including phenoxy) is 2. The highest BCUT2D eigenvalue weighted by Crippen LogP contribution is 2.30.